The van der Waals surface area contributed by atoms with Crippen molar-refractivity contribution in [1.29, 1.82) is 0 Å². The first-order valence-corrected chi connectivity index (χ1v) is 11.9. The molecule has 154 valence electrons. The highest BCUT2D eigenvalue weighted by Gasteiger charge is 2.43. The molecule has 2 aromatic rings. The lowest BCUT2D eigenvalue weighted by atomic mass is 9.91. The fourth-order valence-corrected chi connectivity index (χ4v) is 6.08. The van der Waals surface area contributed by atoms with Crippen LogP contribution in [-0.2, 0) is 0 Å². The van der Waals surface area contributed by atoms with E-state index < -0.39 is 0 Å². The van der Waals surface area contributed by atoms with E-state index in [0.717, 1.165) is 10.8 Å². The van der Waals surface area contributed by atoms with Gasteiger partial charge in [0.25, 0.3) is 0 Å². The second kappa shape index (κ2) is 8.47. The Morgan fingerprint density at radius 3 is 2.31 bits per heavy atom. The third kappa shape index (κ3) is 3.81. The molecule has 3 aliphatic rings. The van der Waals surface area contributed by atoms with E-state index in [0.29, 0.717) is 12.1 Å². The van der Waals surface area contributed by atoms with Crippen LogP contribution >= 0.6 is 12.2 Å². The van der Waals surface area contributed by atoms with E-state index in [2.05, 4.69) is 45.4 Å². The van der Waals surface area contributed by atoms with E-state index in [4.69, 9.17) is 17.2 Å². The van der Waals surface area contributed by atoms with E-state index >= 15 is 0 Å². The molecule has 0 spiro atoms. The van der Waals surface area contributed by atoms with Crippen molar-refractivity contribution < 1.29 is 0 Å². The van der Waals surface area contributed by atoms with Gasteiger partial charge in [-0.25, -0.2) is 0 Å². The molecule has 2 aromatic heterocycles. The second-order valence-corrected chi connectivity index (χ2v) is 9.40. The Bertz CT molecular complexity index is 820. The lowest BCUT2D eigenvalue weighted by Gasteiger charge is -2.36. The standard InChI is InChI=1S/C24H32N4S/c29-24-26-22(21-13-7-8-15-25-21)23(28(24)20-11-5-2-6-12-20)18-14-16-27(17-18)19-9-3-1-4-10-19/h7-8,13-17,19-20,22-23H,1-6,9-12H2,(H,26,29)/t22-,23-/m1/s1. The molecule has 3 heterocycles. The SMILES string of the molecule is S=C1N[C@H](c2ccccn2)[C@@H](c2ccn(C3CCCCC3)c2)N1C1CCCCC1. The minimum Gasteiger partial charge on any atom is -0.352 e. The normalized spacial score (nSPS) is 26.6. The van der Waals surface area contributed by atoms with Gasteiger partial charge in [-0.1, -0.05) is 44.6 Å². The molecular formula is C24H32N4S. The summed E-state index contributed by atoms with van der Waals surface area (Å²) in [7, 11) is 0. The number of rotatable bonds is 4. The van der Waals surface area contributed by atoms with Crippen LogP contribution in [0.15, 0.2) is 42.9 Å². The summed E-state index contributed by atoms with van der Waals surface area (Å²) in [5.74, 6) is 0. The molecule has 2 saturated carbocycles. The summed E-state index contributed by atoms with van der Waals surface area (Å²) in [5.41, 5.74) is 2.47. The maximum Gasteiger partial charge on any atom is 0.170 e. The highest BCUT2D eigenvalue weighted by Crippen LogP contribution is 2.43. The molecule has 4 nitrogen and oxygen atoms in total. The van der Waals surface area contributed by atoms with Gasteiger partial charge in [0, 0.05) is 30.7 Å². The number of nitrogens with zero attached hydrogens (tertiary/aromatic N) is 3. The number of hydrogen-bond donors (Lipinski definition) is 1. The van der Waals surface area contributed by atoms with Crippen LogP contribution in [0.2, 0.25) is 0 Å². The Morgan fingerprint density at radius 2 is 1.62 bits per heavy atom. The van der Waals surface area contributed by atoms with E-state index in [-0.39, 0.29) is 12.1 Å². The van der Waals surface area contributed by atoms with Crippen molar-refractivity contribution >= 4 is 17.3 Å². The van der Waals surface area contributed by atoms with Gasteiger partial charge in [-0.15, -0.1) is 0 Å². The van der Waals surface area contributed by atoms with Crippen molar-refractivity contribution in [1.82, 2.24) is 19.8 Å². The van der Waals surface area contributed by atoms with Crippen molar-refractivity contribution in [2.45, 2.75) is 88.4 Å². The van der Waals surface area contributed by atoms with Gasteiger partial charge < -0.3 is 14.8 Å². The molecule has 2 aliphatic carbocycles. The fourth-order valence-electron chi connectivity index (χ4n) is 5.69. The molecule has 0 unspecified atom stereocenters. The molecular weight excluding hydrogens is 376 g/mol. The predicted molar refractivity (Wildman–Crippen MR) is 121 cm³/mol. The quantitative estimate of drug-likeness (QED) is 0.659. The molecule has 3 fully saturated rings. The Balaban J connectivity index is 1.49. The van der Waals surface area contributed by atoms with E-state index in [1.807, 2.05) is 12.3 Å². The number of pyridine rings is 1. The average Bonchev–Trinajstić information content (AvgIpc) is 3.40. The molecule has 0 amide bonds. The number of aromatic nitrogens is 2. The van der Waals surface area contributed by atoms with E-state index in [1.165, 1.54) is 69.8 Å². The van der Waals surface area contributed by atoms with Gasteiger partial charge in [-0.2, -0.15) is 0 Å². The highest BCUT2D eigenvalue weighted by atomic mass is 32.1. The minimum atomic E-state index is 0.118. The van der Waals surface area contributed by atoms with Crippen LogP contribution in [0.1, 0.15) is 93.6 Å². The molecule has 1 saturated heterocycles. The van der Waals surface area contributed by atoms with Crippen LogP contribution in [0.5, 0.6) is 0 Å². The zero-order chi connectivity index (χ0) is 19.6. The van der Waals surface area contributed by atoms with E-state index in [1.54, 1.807) is 0 Å². The summed E-state index contributed by atoms with van der Waals surface area (Å²) in [4.78, 5) is 7.21. The maximum atomic E-state index is 5.89. The van der Waals surface area contributed by atoms with Gasteiger partial charge in [-0.05, 0) is 61.7 Å². The molecule has 29 heavy (non-hydrogen) atoms. The van der Waals surface area contributed by atoms with Gasteiger partial charge in [0.1, 0.15) is 0 Å². The van der Waals surface area contributed by atoms with Crippen molar-refractivity contribution in [2.24, 2.45) is 0 Å². The molecule has 0 radical (unpaired) electrons. The number of nitrogens with one attached hydrogen (secondary N) is 1. The van der Waals surface area contributed by atoms with Gasteiger partial charge in [0.15, 0.2) is 5.11 Å². The van der Waals surface area contributed by atoms with Crippen LogP contribution in [0.4, 0.5) is 0 Å². The zero-order valence-corrected chi connectivity index (χ0v) is 18.0. The zero-order valence-electron chi connectivity index (χ0n) is 17.2. The Morgan fingerprint density at radius 1 is 0.897 bits per heavy atom. The van der Waals surface area contributed by atoms with Crippen molar-refractivity contribution in [3.63, 3.8) is 0 Å². The van der Waals surface area contributed by atoms with Gasteiger partial charge in [-0.3, -0.25) is 4.98 Å². The average molecular weight is 409 g/mol. The van der Waals surface area contributed by atoms with Crippen molar-refractivity contribution in [2.75, 3.05) is 0 Å². The van der Waals surface area contributed by atoms with E-state index in [9.17, 15) is 0 Å². The predicted octanol–water partition coefficient (Wildman–Crippen LogP) is 5.69. The largest absolute Gasteiger partial charge is 0.352 e. The molecule has 1 N–H and O–H groups in total. The summed E-state index contributed by atoms with van der Waals surface area (Å²) >= 11 is 5.89. The van der Waals surface area contributed by atoms with Crippen LogP contribution in [0.3, 0.4) is 0 Å². The molecule has 5 rings (SSSR count). The Labute approximate surface area is 179 Å². The first kappa shape index (κ1) is 19.1. The monoisotopic (exact) mass is 408 g/mol. The van der Waals surface area contributed by atoms with Crippen LogP contribution < -0.4 is 5.32 Å². The molecule has 5 heteroatoms. The summed E-state index contributed by atoms with van der Waals surface area (Å²) in [6.45, 7) is 0. The van der Waals surface area contributed by atoms with Gasteiger partial charge in [0.05, 0.1) is 17.8 Å². The lowest BCUT2D eigenvalue weighted by molar-refractivity contribution is 0.197. The molecule has 2 atom stereocenters. The smallest absolute Gasteiger partial charge is 0.170 e. The molecule has 1 aliphatic heterocycles. The summed E-state index contributed by atoms with van der Waals surface area (Å²) in [6, 6.07) is 10.1. The van der Waals surface area contributed by atoms with Crippen LogP contribution in [0, 0.1) is 0 Å². The topological polar surface area (TPSA) is 33.1 Å². The Hall–Kier alpha value is -1.88. The maximum absolute atomic E-state index is 5.89. The third-order valence-electron chi connectivity index (χ3n) is 7.18. The minimum absolute atomic E-state index is 0.118. The van der Waals surface area contributed by atoms with Gasteiger partial charge >= 0.3 is 0 Å². The first-order valence-electron chi connectivity index (χ1n) is 11.5. The van der Waals surface area contributed by atoms with Crippen LogP contribution in [-0.4, -0.2) is 25.6 Å². The second-order valence-electron chi connectivity index (χ2n) is 9.01. The summed E-state index contributed by atoms with van der Waals surface area (Å²) in [6.07, 6.45) is 19.8. The summed E-state index contributed by atoms with van der Waals surface area (Å²) in [5, 5.41) is 4.55. The molecule has 0 aromatic carbocycles. The Kier molecular flexibility index (Phi) is 5.58. The van der Waals surface area contributed by atoms with Crippen LogP contribution in [0.25, 0.3) is 0 Å². The number of thiocarbonyl (C=S) groups is 1. The van der Waals surface area contributed by atoms with Crippen molar-refractivity contribution in [3.05, 3.63) is 54.1 Å². The summed E-state index contributed by atoms with van der Waals surface area (Å²) < 4.78 is 2.48. The first-order chi connectivity index (χ1) is 14.3. The highest BCUT2D eigenvalue weighted by molar-refractivity contribution is 7.80. The number of hydrogen-bond acceptors (Lipinski definition) is 2. The van der Waals surface area contributed by atoms with Gasteiger partial charge in [0.2, 0.25) is 0 Å². The molecule has 0 bridgehead atoms. The van der Waals surface area contributed by atoms with Crippen molar-refractivity contribution in [3.8, 4) is 0 Å². The fraction of sp³-hybridized carbons (Fsp3) is 0.583. The lowest BCUT2D eigenvalue weighted by Crippen LogP contribution is -2.40. The third-order valence-corrected chi connectivity index (χ3v) is 7.51.